The van der Waals surface area contributed by atoms with Gasteiger partial charge in [0.25, 0.3) is 0 Å². The zero-order valence-corrected chi connectivity index (χ0v) is 13.0. The van der Waals surface area contributed by atoms with Crippen LogP contribution in [-0.4, -0.2) is 26.3 Å². The summed E-state index contributed by atoms with van der Waals surface area (Å²) in [5, 5.41) is 0. The molecule has 0 saturated carbocycles. The molecule has 0 aliphatic rings. The Hall–Kier alpha value is -0.910. The minimum atomic E-state index is -3.43. The summed E-state index contributed by atoms with van der Waals surface area (Å²) in [5.74, 6) is 0.345. The highest BCUT2D eigenvalue weighted by molar-refractivity contribution is 7.89. The van der Waals surface area contributed by atoms with Crippen molar-refractivity contribution < 1.29 is 8.42 Å². The number of rotatable bonds is 6. The maximum atomic E-state index is 12.6. The summed E-state index contributed by atoms with van der Waals surface area (Å²) in [7, 11) is -1.79. The monoisotopic (exact) mass is 284 g/mol. The molecule has 19 heavy (non-hydrogen) atoms. The van der Waals surface area contributed by atoms with Crippen molar-refractivity contribution in [1.29, 1.82) is 0 Å². The Labute approximate surface area is 116 Å². The molecule has 0 aliphatic carbocycles. The highest BCUT2D eigenvalue weighted by Gasteiger charge is 2.24. The van der Waals surface area contributed by atoms with Gasteiger partial charge in [0.1, 0.15) is 0 Å². The summed E-state index contributed by atoms with van der Waals surface area (Å²) in [5.41, 5.74) is 7.26. The first-order chi connectivity index (χ1) is 8.84. The van der Waals surface area contributed by atoms with Gasteiger partial charge >= 0.3 is 0 Å². The van der Waals surface area contributed by atoms with Crippen molar-refractivity contribution >= 4 is 10.0 Å². The second-order valence-corrected chi connectivity index (χ2v) is 7.06. The average Bonchev–Trinajstić information content (AvgIpc) is 2.38. The molecule has 108 valence electrons. The first kappa shape index (κ1) is 16.1. The highest BCUT2D eigenvalue weighted by Crippen LogP contribution is 2.22. The zero-order chi connectivity index (χ0) is 14.6. The molecule has 0 amide bonds. The van der Waals surface area contributed by atoms with E-state index in [4.69, 9.17) is 5.73 Å². The summed E-state index contributed by atoms with van der Waals surface area (Å²) in [6.45, 7) is 6.81. The largest absolute Gasteiger partial charge is 0.326 e. The number of nitrogens with two attached hydrogens (primary N) is 1. The van der Waals surface area contributed by atoms with Gasteiger partial charge in [-0.05, 0) is 30.0 Å². The predicted octanol–water partition coefficient (Wildman–Crippen LogP) is 2.12. The molecule has 0 aliphatic heterocycles. The molecule has 0 radical (unpaired) electrons. The molecule has 1 aromatic carbocycles. The van der Waals surface area contributed by atoms with Crippen molar-refractivity contribution in [2.45, 2.75) is 38.6 Å². The van der Waals surface area contributed by atoms with Crippen LogP contribution in [0.1, 0.15) is 31.4 Å². The predicted molar refractivity (Wildman–Crippen MR) is 78.3 cm³/mol. The van der Waals surface area contributed by atoms with Crippen molar-refractivity contribution in [2.75, 3.05) is 13.6 Å². The van der Waals surface area contributed by atoms with Crippen LogP contribution < -0.4 is 5.73 Å². The summed E-state index contributed by atoms with van der Waals surface area (Å²) in [4.78, 5) is 0.362. The van der Waals surface area contributed by atoms with Crippen LogP contribution in [0.2, 0.25) is 0 Å². The number of sulfonamides is 1. The van der Waals surface area contributed by atoms with E-state index in [1.54, 1.807) is 19.2 Å². The first-order valence-corrected chi connectivity index (χ1v) is 8.03. The Kier molecular flexibility index (Phi) is 5.52. The van der Waals surface area contributed by atoms with Crippen LogP contribution in [0.3, 0.4) is 0 Å². The molecule has 1 rings (SSSR count). The van der Waals surface area contributed by atoms with Gasteiger partial charge in [-0.15, -0.1) is 0 Å². The molecule has 0 heterocycles. The Balaban J connectivity index is 3.13. The molecule has 1 unspecified atom stereocenters. The standard InChI is InChI=1S/C14H24N2O2S/c1-5-11(2)10-16(4)19(17,18)14-8-6-7-13(9-15)12(14)3/h6-8,11H,5,9-10,15H2,1-4H3. The second-order valence-electron chi connectivity index (χ2n) is 5.04. The van der Waals surface area contributed by atoms with E-state index in [0.29, 0.717) is 23.9 Å². The molecule has 0 bridgehead atoms. The molecule has 0 spiro atoms. The molecule has 2 N–H and O–H groups in total. The van der Waals surface area contributed by atoms with Gasteiger partial charge in [0.2, 0.25) is 10.0 Å². The van der Waals surface area contributed by atoms with Gasteiger partial charge in [0.15, 0.2) is 0 Å². The van der Waals surface area contributed by atoms with Crippen LogP contribution in [0.5, 0.6) is 0 Å². The van der Waals surface area contributed by atoms with E-state index >= 15 is 0 Å². The topological polar surface area (TPSA) is 63.4 Å². The molecular weight excluding hydrogens is 260 g/mol. The van der Waals surface area contributed by atoms with Gasteiger partial charge in [0, 0.05) is 20.1 Å². The molecule has 4 nitrogen and oxygen atoms in total. The van der Waals surface area contributed by atoms with Crippen LogP contribution in [0.15, 0.2) is 23.1 Å². The lowest BCUT2D eigenvalue weighted by Crippen LogP contribution is -2.31. The van der Waals surface area contributed by atoms with Gasteiger partial charge in [-0.2, -0.15) is 0 Å². The maximum Gasteiger partial charge on any atom is 0.243 e. The van der Waals surface area contributed by atoms with E-state index in [9.17, 15) is 8.42 Å². The Bertz CT molecular complexity index is 526. The molecular formula is C14H24N2O2S. The van der Waals surface area contributed by atoms with Gasteiger partial charge in [0.05, 0.1) is 4.90 Å². The van der Waals surface area contributed by atoms with E-state index in [1.807, 2.05) is 13.0 Å². The van der Waals surface area contributed by atoms with E-state index in [0.717, 1.165) is 17.5 Å². The molecule has 1 aromatic rings. The van der Waals surface area contributed by atoms with Crippen LogP contribution in [0, 0.1) is 12.8 Å². The maximum absolute atomic E-state index is 12.6. The van der Waals surface area contributed by atoms with Crippen molar-refractivity contribution in [2.24, 2.45) is 11.7 Å². The van der Waals surface area contributed by atoms with Crippen molar-refractivity contribution in [3.05, 3.63) is 29.3 Å². The van der Waals surface area contributed by atoms with Crippen molar-refractivity contribution in [3.63, 3.8) is 0 Å². The SMILES string of the molecule is CCC(C)CN(C)S(=O)(=O)c1cccc(CN)c1C. The highest BCUT2D eigenvalue weighted by atomic mass is 32.2. The lowest BCUT2D eigenvalue weighted by atomic mass is 10.1. The third-order valence-electron chi connectivity index (χ3n) is 3.57. The summed E-state index contributed by atoms with van der Waals surface area (Å²) in [6.07, 6.45) is 0.960. The van der Waals surface area contributed by atoms with E-state index in [2.05, 4.69) is 13.8 Å². The Morgan fingerprint density at radius 1 is 1.37 bits per heavy atom. The average molecular weight is 284 g/mol. The molecule has 0 saturated heterocycles. The third kappa shape index (κ3) is 3.55. The fourth-order valence-electron chi connectivity index (χ4n) is 1.99. The van der Waals surface area contributed by atoms with Gasteiger partial charge in [-0.3, -0.25) is 0 Å². The summed E-state index contributed by atoms with van der Waals surface area (Å²) in [6, 6.07) is 5.26. The van der Waals surface area contributed by atoms with Gasteiger partial charge in [-0.25, -0.2) is 12.7 Å². The van der Waals surface area contributed by atoms with E-state index < -0.39 is 10.0 Å². The summed E-state index contributed by atoms with van der Waals surface area (Å²) >= 11 is 0. The fraction of sp³-hybridized carbons (Fsp3) is 0.571. The fourth-order valence-corrected chi connectivity index (χ4v) is 3.55. The molecule has 1 atom stereocenters. The Morgan fingerprint density at radius 2 is 2.00 bits per heavy atom. The number of nitrogens with zero attached hydrogens (tertiary/aromatic N) is 1. The van der Waals surface area contributed by atoms with E-state index in [1.165, 1.54) is 4.31 Å². The second kappa shape index (κ2) is 6.50. The Morgan fingerprint density at radius 3 is 2.53 bits per heavy atom. The van der Waals surface area contributed by atoms with Crippen molar-refractivity contribution in [3.8, 4) is 0 Å². The van der Waals surface area contributed by atoms with Crippen LogP contribution in [0.25, 0.3) is 0 Å². The minimum Gasteiger partial charge on any atom is -0.326 e. The molecule has 5 heteroatoms. The number of hydrogen-bond donors (Lipinski definition) is 1. The normalized spacial score (nSPS) is 13.8. The first-order valence-electron chi connectivity index (χ1n) is 6.59. The van der Waals surface area contributed by atoms with Crippen LogP contribution in [-0.2, 0) is 16.6 Å². The molecule has 0 fully saturated rings. The molecule has 0 aromatic heterocycles. The zero-order valence-electron chi connectivity index (χ0n) is 12.2. The van der Waals surface area contributed by atoms with Gasteiger partial charge < -0.3 is 5.73 Å². The van der Waals surface area contributed by atoms with Gasteiger partial charge in [-0.1, -0.05) is 32.4 Å². The third-order valence-corrected chi connectivity index (χ3v) is 5.54. The van der Waals surface area contributed by atoms with Crippen LogP contribution in [0.4, 0.5) is 0 Å². The van der Waals surface area contributed by atoms with Crippen molar-refractivity contribution in [1.82, 2.24) is 4.31 Å². The lowest BCUT2D eigenvalue weighted by Gasteiger charge is -2.22. The summed E-state index contributed by atoms with van der Waals surface area (Å²) < 4.78 is 26.5. The quantitative estimate of drug-likeness (QED) is 0.870. The lowest BCUT2D eigenvalue weighted by molar-refractivity contribution is 0.393. The minimum absolute atomic E-state index is 0.345. The smallest absolute Gasteiger partial charge is 0.243 e. The van der Waals surface area contributed by atoms with Crippen LogP contribution >= 0.6 is 0 Å². The van der Waals surface area contributed by atoms with E-state index in [-0.39, 0.29) is 0 Å². The number of benzene rings is 1. The number of hydrogen-bond acceptors (Lipinski definition) is 3.